The van der Waals surface area contributed by atoms with E-state index in [1.165, 1.54) is 12.1 Å². The van der Waals surface area contributed by atoms with Crippen molar-refractivity contribution in [3.8, 4) is 5.69 Å². The van der Waals surface area contributed by atoms with E-state index in [9.17, 15) is 9.50 Å². The fraction of sp³-hybridized carbons (Fsp3) is 0.222. The van der Waals surface area contributed by atoms with Crippen LogP contribution in [0.15, 0.2) is 61.2 Å². The zero-order valence-corrected chi connectivity index (χ0v) is 13.2. The first kappa shape index (κ1) is 16.3. The number of nitrogens with zero attached hydrogens (tertiary/aromatic N) is 4. The Kier molecular flexibility index (Phi) is 5.30. The number of hydrogen-bond donors (Lipinski definition) is 1. The summed E-state index contributed by atoms with van der Waals surface area (Å²) in [7, 11) is 0. The highest BCUT2D eigenvalue weighted by Crippen LogP contribution is 2.12. The molecule has 0 radical (unpaired) electrons. The summed E-state index contributed by atoms with van der Waals surface area (Å²) in [4.78, 5) is 6.25. The standard InChI is InChI=1S/C18H19FN4O/c19-17-3-5-18(6-4-17)23-14-16(11-21-23)13-22(8-9-24)12-15-2-1-7-20-10-15/h1-7,10-11,14,24H,8-9,12-13H2. The highest BCUT2D eigenvalue weighted by Gasteiger charge is 2.09. The van der Waals surface area contributed by atoms with Gasteiger partial charge in [0, 0.05) is 43.8 Å². The van der Waals surface area contributed by atoms with Gasteiger partial charge in [0.05, 0.1) is 18.5 Å². The molecule has 0 unspecified atom stereocenters. The summed E-state index contributed by atoms with van der Waals surface area (Å²) in [6.45, 7) is 2.02. The number of halogens is 1. The first-order valence-corrected chi connectivity index (χ1v) is 7.76. The molecule has 1 N–H and O–H groups in total. The Hall–Kier alpha value is -2.57. The van der Waals surface area contributed by atoms with Gasteiger partial charge in [-0.15, -0.1) is 0 Å². The minimum atomic E-state index is -0.267. The number of pyridine rings is 1. The topological polar surface area (TPSA) is 54.2 Å². The van der Waals surface area contributed by atoms with Crippen molar-refractivity contribution in [2.24, 2.45) is 0 Å². The molecule has 2 heterocycles. The molecule has 124 valence electrons. The maximum absolute atomic E-state index is 13.0. The third-order valence-electron chi connectivity index (χ3n) is 3.68. The Bertz CT molecular complexity index is 758. The van der Waals surface area contributed by atoms with Gasteiger partial charge in [0.1, 0.15) is 5.82 Å². The summed E-state index contributed by atoms with van der Waals surface area (Å²) in [5.74, 6) is -0.267. The van der Waals surface area contributed by atoms with Crippen LogP contribution in [0.4, 0.5) is 4.39 Å². The largest absolute Gasteiger partial charge is 0.395 e. The first-order chi connectivity index (χ1) is 11.7. The third kappa shape index (κ3) is 4.24. The molecule has 3 aromatic rings. The van der Waals surface area contributed by atoms with Gasteiger partial charge < -0.3 is 5.11 Å². The molecule has 5 nitrogen and oxygen atoms in total. The van der Waals surface area contributed by atoms with Crippen LogP contribution < -0.4 is 0 Å². The van der Waals surface area contributed by atoms with E-state index in [1.54, 1.807) is 29.2 Å². The normalized spacial score (nSPS) is 11.1. The molecule has 0 saturated carbocycles. The molecular formula is C18H19FN4O. The zero-order chi connectivity index (χ0) is 16.8. The smallest absolute Gasteiger partial charge is 0.123 e. The number of aromatic nitrogens is 3. The molecule has 0 bridgehead atoms. The van der Waals surface area contributed by atoms with Gasteiger partial charge in [-0.25, -0.2) is 9.07 Å². The van der Waals surface area contributed by atoms with Crippen molar-refractivity contribution in [1.82, 2.24) is 19.7 Å². The van der Waals surface area contributed by atoms with Crippen LogP contribution in [0.1, 0.15) is 11.1 Å². The summed E-state index contributed by atoms with van der Waals surface area (Å²) in [6, 6.07) is 10.1. The quantitative estimate of drug-likeness (QED) is 0.724. The van der Waals surface area contributed by atoms with Crippen LogP contribution in [0.3, 0.4) is 0 Å². The molecule has 6 heteroatoms. The molecule has 1 aromatic carbocycles. The van der Waals surface area contributed by atoms with E-state index in [1.807, 2.05) is 24.5 Å². The van der Waals surface area contributed by atoms with Crippen LogP contribution in [-0.2, 0) is 13.1 Å². The highest BCUT2D eigenvalue weighted by molar-refractivity contribution is 5.31. The molecule has 0 spiro atoms. The molecule has 0 atom stereocenters. The summed E-state index contributed by atoms with van der Waals surface area (Å²) in [5, 5.41) is 13.6. The van der Waals surface area contributed by atoms with Crippen LogP contribution in [0.25, 0.3) is 5.69 Å². The Morgan fingerprint density at radius 2 is 1.83 bits per heavy atom. The summed E-state index contributed by atoms with van der Waals surface area (Å²) >= 11 is 0. The average Bonchev–Trinajstić information content (AvgIpc) is 3.05. The van der Waals surface area contributed by atoms with Gasteiger partial charge in [-0.2, -0.15) is 5.10 Å². The minimum Gasteiger partial charge on any atom is -0.395 e. The van der Waals surface area contributed by atoms with Gasteiger partial charge in [0.2, 0.25) is 0 Å². The molecule has 3 rings (SSSR count). The van der Waals surface area contributed by atoms with Crippen molar-refractivity contribution in [3.63, 3.8) is 0 Å². The van der Waals surface area contributed by atoms with Crippen LogP contribution >= 0.6 is 0 Å². The van der Waals surface area contributed by atoms with E-state index in [4.69, 9.17) is 0 Å². The van der Waals surface area contributed by atoms with Gasteiger partial charge in [-0.3, -0.25) is 9.88 Å². The fourth-order valence-corrected chi connectivity index (χ4v) is 2.54. The van der Waals surface area contributed by atoms with E-state index < -0.39 is 0 Å². The van der Waals surface area contributed by atoms with Gasteiger partial charge in [0.15, 0.2) is 0 Å². The lowest BCUT2D eigenvalue weighted by atomic mass is 10.2. The van der Waals surface area contributed by atoms with E-state index >= 15 is 0 Å². The molecule has 2 aromatic heterocycles. The SMILES string of the molecule is OCCN(Cc1cccnc1)Cc1cnn(-c2ccc(F)cc2)c1. The second kappa shape index (κ2) is 7.81. The monoisotopic (exact) mass is 326 g/mol. The van der Waals surface area contributed by atoms with Crippen molar-refractivity contribution in [1.29, 1.82) is 0 Å². The second-order valence-corrected chi connectivity index (χ2v) is 5.57. The first-order valence-electron chi connectivity index (χ1n) is 7.76. The Balaban J connectivity index is 1.70. The van der Waals surface area contributed by atoms with Crippen molar-refractivity contribution in [3.05, 3.63) is 78.1 Å². The number of aliphatic hydroxyl groups is 1. The lowest BCUT2D eigenvalue weighted by Gasteiger charge is -2.20. The maximum atomic E-state index is 13.0. The zero-order valence-electron chi connectivity index (χ0n) is 13.2. The van der Waals surface area contributed by atoms with Gasteiger partial charge in [-0.05, 0) is 35.9 Å². The van der Waals surface area contributed by atoms with Gasteiger partial charge in [0.25, 0.3) is 0 Å². The molecule has 0 aliphatic carbocycles. The van der Waals surface area contributed by atoms with E-state index in [2.05, 4.69) is 15.0 Å². The predicted octanol–water partition coefficient (Wildman–Crippen LogP) is 2.40. The van der Waals surface area contributed by atoms with Crippen LogP contribution in [0.5, 0.6) is 0 Å². The molecule has 0 aliphatic rings. The molecule has 0 amide bonds. The number of aliphatic hydroxyl groups excluding tert-OH is 1. The molecule has 24 heavy (non-hydrogen) atoms. The number of hydrogen-bond acceptors (Lipinski definition) is 4. The number of rotatable bonds is 7. The summed E-state index contributed by atoms with van der Waals surface area (Å²) < 4.78 is 14.7. The lowest BCUT2D eigenvalue weighted by Crippen LogP contribution is -2.26. The highest BCUT2D eigenvalue weighted by atomic mass is 19.1. The van der Waals surface area contributed by atoms with E-state index in [0.29, 0.717) is 19.6 Å². The Morgan fingerprint density at radius 3 is 2.54 bits per heavy atom. The van der Waals surface area contributed by atoms with Crippen molar-refractivity contribution >= 4 is 0 Å². The van der Waals surface area contributed by atoms with Crippen LogP contribution in [-0.4, -0.2) is 37.9 Å². The third-order valence-corrected chi connectivity index (χ3v) is 3.68. The maximum Gasteiger partial charge on any atom is 0.123 e. The minimum absolute atomic E-state index is 0.0896. The van der Waals surface area contributed by atoms with E-state index in [-0.39, 0.29) is 12.4 Å². The Labute approximate surface area is 140 Å². The molecule has 0 fully saturated rings. The predicted molar refractivity (Wildman–Crippen MR) is 89.0 cm³/mol. The van der Waals surface area contributed by atoms with Crippen LogP contribution in [0, 0.1) is 5.82 Å². The fourth-order valence-electron chi connectivity index (χ4n) is 2.54. The molecule has 0 saturated heterocycles. The van der Waals surface area contributed by atoms with E-state index in [0.717, 1.165) is 16.8 Å². The van der Waals surface area contributed by atoms with Crippen LogP contribution in [0.2, 0.25) is 0 Å². The summed E-state index contributed by atoms with van der Waals surface area (Å²) in [6.07, 6.45) is 7.27. The lowest BCUT2D eigenvalue weighted by molar-refractivity contribution is 0.184. The second-order valence-electron chi connectivity index (χ2n) is 5.57. The molecule has 0 aliphatic heterocycles. The van der Waals surface area contributed by atoms with Gasteiger partial charge >= 0.3 is 0 Å². The van der Waals surface area contributed by atoms with Gasteiger partial charge in [-0.1, -0.05) is 6.07 Å². The summed E-state index contributed by atoms with van der Waals surface area (Å²) in [5.41, 5.74) is 2.93. The van der Waals surface area contributed by atoms with Crippen molar-refractivity contribution in [2.75, 3.05) is 13.2 Å². The van der Waals surface area contributed by atoms with Crippen molar-refractivity contribution in [2.45, 2.75) is 13.1 Å². The Morgan fingerprint density at radius 1 is 1.04 bits per heavy atom. The average molecular weight is 326 g/mol. The van der Waals surface area contributed by atoms with Crippen molar-refractivity contribution < 1.29 is 9.50 Å². The molecular weight excluding hydrogens is 307 g/mol. The number of benzene rings is 1.